The van der Waals surface area contributed by atoms with E-state index in [0.717, 1.165) is 30.4 Å². The zero-order valence-electron chi connectivity index (χ0n) is 11.3. The summed E-state index contributed by atoms with van der Waals surface area (Å²) in [5.74, 6) is 0. The summed E-state index contributed by atoms with van der Waals surface area (Å²) in [5.41, 5.74) is 2.08. The Morgan fingerprint density at radius 2 is 2.05 bits per heavy atom. The van der Waals surface area contributed by atoms with Crippen LogP contribution >= 0.6 is 11.6 Å². The van der Waals surface area contributed by atoms with Crippen LogP contribution in [0.4, 0.5) is 5.69 Å². The predicted molar refractivity (Wildman–Crippen MR) is 78.8 cm³/mol. The topological polar surface area (TPSA) is 26.7 Å². The predicted octanol–water partition coefficient (Wildman–Crippen LogP) is 2.51. The fourth-order valence-electron chi connectivity index (χ4n) is 3.52. The number of nitrogens with zero attached hydrogens (tertiary/aromatic N) is 2. The first-order valence-electron chi connectivity index (χ1n) is 7.05. The second-order valence-electron chi connectivity index (χ2n) is 5.72. The standard InChI is InChI=1S/C15H21ClN2O/c1-17-13-3-4-14(17)9-18(7-6-13)15-5-2-12(16)8-11(15)10-19/h2,5,8,13-14,19H,3-4,6-7,9-10H2,1H3. The van der Waals surface area contributed by atoms with Gasteiger partial charge in [-0.05, 0) is 44.5 Å². The molecule has 2 atom stereocenters. The molecule has 0 saturated carbocycles. The number of rotatable bonds is 2. The van der Waals surface area contributed by atoms with Crippen molar-refractivity contribution in [1.29, 1.82) is 0 Å². The molecule has 1 aromatic carbocycles. The zero-order chi connectivity index (χ0) is 13.4. The van der Waals surface area contributed by atoms with E-state index in [1.807, 2.05) is 18.2 Å². The van der Waals surface area contributed by atoms with Crippen LogP contribution in [0.3, 0.4) is 0 Å². The summed E-state index contributed by atoms with van der Waals surface area (Å²) in [4.78, 5) is 4.96. The Kier molecular flexibility index (Phi) is 3.70. The van der Waals surface area contributed by atoms with Gasteiger partial charge in [0.2, 0.25) is 0 Å². The molecule has 1 aromatic rings. The third-order valence-electron chi connectivity index (χ3n) is 4.70. The molecule has 2 aliphatic rings. The van der Waals surface area contributed by atoms with Crippen molar-refractivity contribution in [2.45, 2.75) is 38.0 Å². The number of halogens is 1. The Labute approximate surface area is 119 Å². The number of likely N-dealkylation sites (N-methyl/N-ethyl adjacent to an activating group) is 1. The largest absolute Gasteiger partial charge is 0.392 e. The quantitative estimate of drug-likeness (QED) is 0.902. The third-order valence-corrected chi connectivity index (χ3v) is 4.94. The molecule has 2 heterocycles. The van der Waals surface area contributed by atoms with Gasteiger partial charge in [0.05, 0.1) is 6.61 Å². The number of benzene rings is 1. The summed E-state index contributed by atoms with van der Waals surface area (Å²) in [7, 11) is 2.25. The number of aliphatic hydroxyl groups excluding tert-OH is 1. The lowest BCUT2D eigenvalue weighted by Crippen LogP contribution is -2.37. The minimum absolute atomic E-state index is 0.0519. The molecule has 3 rings (SSSR count). The first-order valence-corrected chi connectivity index (χ1v) is 7.43. The minimum atomic E-state index is 0.0519. The molecule has 0 radical (unpaired) electrons. The second-order valence-corrected chi connectivity index (χ2v) is 6.15. The molecule has 3 nitrogen and oxygen atoms in total. The van der Waals surface area contributed by atoms with Crippen molar-refractivity contribution in [3.8, 4) is 0 Å². The van der Waals surface area contributed by atoms with E-state index < -0.39 is 0 Å². The summed E-state index contributed by atoms with van der Waals surface area (Å²) in [6.07, 6.45) is 3.84. The Balaban J connectivity index is 1.86. The lowest BCUT2D eigenvalue weighted by atomic mass is 10.1. The van der Waals surface area contributed by atoms with E-state index in [2.05, 4.69) is 16.8 Å². The van der Waals surface area contributed by atoms with Crippen LogP contribution in [0.1, 0.15) is 24.8 Å². The number of fused-ring (bicyclic) bond motifs is 2. The Hall–Kier alpha value is -0.770. The van der Waals surface area contributed by atoms with E-state index in [4.69, 9.17) is 11.6 Å². The molecule has 2 unspecified atom stereocenters. The van der Waals surface area contributed by atoms with Gasteiger partial charge in [-0.3, -0.25) is 4.90 Å². The zero-order valence-corrected chi connectivity index (χ0v) is 12.1. The van der Waals surface area contributed by atoms with Crippen molar-refractivity contribution in [2.24, 2.45) is 0 Å². The lowest BCUT2D eigenvalue weighted by Gasteiger charge is -2.29. The van der Waals surface area contributed by atoms with Gasteiger partial charge < -0.3 is 10.0 Å². The molecule has 0 aromatic heterocycles. The molecular formula is C15H21ClN2O. The molecule has 4 heteroatoms. The van der Waals surface area contributed by atoms with E-state index in [1.165, 1.54) is 19.3 Å². The fourth-order valence-corrected chi connectivity index (χ4v) is 3.71. The highest BCUT2D eigenvalue weighted by molar-refractivity contribution is 6.30. The van der Waals surface area contributed by atoms with E-state index in [-0.39, 0.29) is 6.61 Å². The van der Waals surface area contributed by atoms with E-state index in [1.54, 1.807) is 0 Å². The summed E-state index contributed by atoms with van der Waals surface area (Å²) < 4.78 is 0. The van der Waals surface area contributed by atoms with Crippen LogP contribution in [0.15, 0.2) is 18.2 Å². The number of hydrogen-bond donors (Lipinski definition) is 1. The summed E-state index contributed by atoms with van der Waals surface area (Å²) >= 11 is 6.02. The van der Waals surface area contributed by atoms with Gasteiger partial charge in [-0.25, -0.2) is 0 Å². The first-order chi connectivity index (χ1) is 9.19. The molecule has 2 fully saturated rings. The van der Waals surface area contributed by atoms with Gasteiger partial charge in [-0.1, -0.05) is 11.6 Å². The summed E-state index contributed by atoms with van der Waals surface area (Å²) in [6, 6.07) is 7.23. The van der Waals surface area contributed by atoms with Crippen molar-refractivity contribution < 1.29 is 5.11 Å². The van der Waals surface area contributed by atoms with Crippen LogP contribution in [0.5, 0.6) is 0 Å². The van der Waals surface area contributed by atoms with Crippen LogP contribution < -0.4 is 4.90 Å². The monoisotopic (exact) mass is 280 g/mol. The van der Waals surface area contributed by atoms with E-state index >= 15 is 0 Å². The minimum Gasteiger partial charge on any atom is -0.392 e. The Morgan fingerprint density at radius 1 is 1.26 bits per heavy atom. The van der Waals surface area contributed by atoms with Crippen molar-refractivity contribution >= 4 is 17.3 Å². The Morgan fingerprint density at radius 3 is 2.84 bits per heavy atom. The van der Waals surface area contributed by atoms with E-state index in [9.17, 15) is 5.11 Å². The van der Waals surface area contributed by atoms with Crippen molar-refractivity contribution in [1.82, 2.24) is 4.90 Å². The van der Waals surface area contributed by atoms with Gasteiger partial charge in [0, 0.05) is 41.4 Å². The molecule has 2 bridgehead atoms. The van der Waals surface area contributed by atoms with Crippen LogP contribution in [-0.4, -0.2) is 42.2 Å². The fraction of sp³-hybridized carbons (Fsp3) is 0.600. The maximum Gasteiger partial charge on any atom is 0.0702 e. The highest BCUT2D eigenvalue weighted by Crippen LogP contribution is 2.32. The molecule has 2 saturated heterocycles. The molecule has 104 valence electrons. The molecule has 1 N–H and O–H groups in total. The normalized spacial score (nSPS) is 27.6. The van der Waals surface area contributed by atoms with Crippen LogP contribution in [0.25, 0.3) is 0 Å². The van der Waals surface area contributed by atoms with Crippen molar-refractivity contribution in [2.75, 3.05) is 25.0 Å². The molecule has 19 heavy (non-hydrogen) atoms. The van der Waals surface area contributed by atoms with Gasteiger partial charge in [0.25, 0.3) is 0 Å². The average Bonchev–Trinajstić information content (AvgIpc) is 2.64. The third kappa shape index (κ3) is 2.47. The maximum absolute atomic E-state index is 9.53. The van der Waals surface area contributed by atoms with Crippen LogP contribution in [-0.2, 0) is 6.61 Å². The van der Waals surface area contributed by atoms with Crippen LogP contribution in [0.2, 0.25) is 5.02 Å². The molecule has 0 spiro atoms. The average molecular weight is 281 g/mol. The SMILES string of the molecule is CN1C2CCC1CN(c1ccc(Cl)cc1CO)CC2. The van der Waals surface area contributed by atoms with Crippen molar-refractivity contribution in [3.05, 3.63) is 28.8 Å². The maximum atomic E-state index is 9.53. The van der Waals surface area contributed by atoms with Gasteiger partial charge in [0.15, 0.2) is 0 Å². The molecule has 0 aliphatic carbocycles. The highest BCUT2D eigenvalue weighted by atomic mass is 35.5. The number of aliphatic hydroxyl groups is 1. The lowest BCUT2D eigenvalue weighted by molar-refractivity contribution is 0.254. The van der Waals surface area contributed by atoms with Gasteiger partial charge in [0.1, 0.15) is 0 Å². The van der Waals surface area contributed by atoms with Gasteiger partial charge >= 0.3 is 0 Å². The van der Waals surface area contributed by atoms with E-state index in [0.29, 0.717) is 11.1 Å². The smallest absolute Gasteiger partial charge is 0.0702 e. The van der Waals surface area contributed by atoms with Crippen LogP contribution in [0, 0.1) is 0 Å². The number of anilines is 1. The first kappa shape index (κ1) is 13.2. The molecule has 0 amide bonds. The summed E-state index contributed by atoms with van der Waals surface area (Å²) in [6.45, 7) is 2.18. The second kappa shape index (κ2) is 5.31. The van der Waals surface area contributed by atoms with Gasteiger partial charge in [-0.15, -0.1) is 0 Å². The van der Waals surface area contributed by atoms with Crippen molar-refractivity contribution in [3.63, 3.8) is 0 Å². The Bertz CT molecular complexity index is 465. The molecular weight excluding hydrogens is 260 g/mol. The number of hydrogen-bond acceptors (Lipinski definition) is 3. The van der Waals surface area contributed by atoms with Gasteiger partial charge in [-0.2, -0.15) is 0 Å². The molecule has 2 aliphatic heterocycles. The summed E-state index contributed by atoms with van der Waals surface area (Å²) in [5, 5.41) is 10.2. The highest BCUT2D eigenvalue weighted by Gasteiger charge is 2.34.